The molecule has 0 radical (unpaired) electrons. The van der Waals surface area contributed by atoms with Gasteiger partial charge in [-0.05, 0) is 46.2 Å². The number of nitrogens with one attached hydrogen (secondary N) is 2. The summed E-state index contributed by atoms with van der Waals surface area (Å²) in [5, 5.41) is 6.04. The van der Waals surface area contributed by atoms with Gasteiger partial charge in [-0.15, -0.1) is 0 Å². The molecule has 1 aromatic carbocycles. The first kappa shape index (κ1) is 15.9. The zero-order valence-electron chi connectivity index (χ0n) is 13.7. The zero-order valence-corrected chi connectivity index (χ0v) is 13.7. The van der Waals surface area contributed by atoms with E-state index < -0.39 is 0 Å². The lowest BCUT2D eigenvalue weighted by atomic mass is 10.1. The van der Waals surface area contributed by atoms with Crippen LogP contribution in [0.4, 0.5) is 11.6 Å². The lowest BCUT2D eigenvalue weighted by Gasteiger charge is -2.20. The van der Waals surface area contributed by atoms with Crippen molar-refractivity contribution in [2.45, 2.75) is 40.2 Å². The summed E-state index contributed by atoms with van der Waals surface area (Å²) in [4.78, 5) is 20.4. The molecule has 2 aromatic rings. The van der Waals surface area contributed by atoms with Crippen molar-refractivity contribution in [3.8, 4) is 0 Å². The Balaban J connectivity index is 2.10. The van der Waals surface area contributed by atoms with Crippen molar-refractivity contribution < 1.29 is 4.79 Å². The molecule has 2 rings (SSSR count). The molecular weight excluding hydrogens is 276 g/mol. The van der Waals surface area contributed by atoms with Crippen LogP contribution in [-0.2, 0) is 0 Å². The summed E-state index contributed by atoms with van der Waals surface area (Å²) < 4.78 is 0. The average Bonchev–Trinajstić information content (AvgIpc) is 2.41. The van der Waals surface area contributed by atoms with Crippen LogP contribution in [-0.4, -0.2) is 21.4 Å². The number of amides is 1. The number of rotatable bonds is 3. The predicted octanol–water partition coefficient (Wildman–Crippen LogP) is 3.37. The predicted molar refractivity (Wildman–Crippen MR) is 88.4 cm³/mol. The van der Waals surface area contributed by atoms with Crippen LogP contribution in [0.3, 0.4) is 0 Å². The van der Waals surface area contributed by atoms with Crippen molar-refractivity contribution in [2.75, 3.05) is 5.32 Å². The molecule has 22 heavy (non-hydrogen) atoms. The second-order valence-electron chi connectivity index (χ2n) is 6.44. The Bertz CT molecular complexity index is 672. The first-order valence-corrected chi connectivity index (χ1v) is 7.23. The number of anilines is 2. The molecule has 0 spiro atoms. The molecule has 5 nitrogen and oxygen atoms in total. The topological polar surface area (TPSA) is 66.9 Å². The van der Waals surface area contributed by atoms with E-state index in [1.807, 2.05) is 39.8 Å². The van der Waals surface area contributed by atoms with Crippen LogP contribution in [0.5, 0.6) is 0 Å². The van der Waals surface area contributed by atoms with Crippen LogP contribution in [0.2, 0.25) is 0 Å². The Kier molecular flexibility index (Phi) is 4.45. The summed E-state index contributed by atoms with van der Waals surface area (Å²) in [6.07, 6.45) is 3.06. The van der Waals surface area contributed by atoms with E-state index >= 15 is 0 Å². The van der Waals surface area contributed by atoms with Crippen molar-refractivity contribution in [2.24, 2.45) is 0 Å². The van der Waals surface area contributed by atoms with Gasteiger partial charge < -0.3 is 10.6 Å². The molecule has 0 bridgehead atoms. The highest BCUT2D eigenvalue weighted by Crippen LogP contribution is 2.19. The van der Waals surface area contributed by atoms with Gasteiger partial charge in [0.25, 0.3) is 5.91 Å². The fourth-order valence-electron chi connectivity index (χ4n) is 2.00. The van der Waals surface area contributed by atoms with Gasteiger partial charge in [-0.1, -0.05) is 17.7 Å². The third-order valence-electron chi connectivity index (χ3n) is 3.03. The van der Waals surface area contributed by atoms with Crippen molar-refractivity contribution in [3.63, 3.8) is 0 Å². The summed E-state index contributed by atoms with van der Waals surface area (Å²) >= 11 is 0. The summed E-state index contributed by atoms with van der Waals surface area (Å²) in [6.45, 7) is 9.88. The largest absolute Gasteiger partial charge is 0.347 e. The zero-order chi connectivity index (χ0) is 16.3. The highest BCUT2D eigenvalue weighted by Gasteiger charge is 2.15. The van der Waals surface area contributed by atoms with Gasteiger partial charge in [0.1, 0.15) is 0 Å². The van der Waals surface area contributed by atoms with Crippen LogP contribution in [0.25, 0.3) is 0 Å². The third kappa shape index (κ3) is 4.28. The number of benzene rings is 1. The highest BCUT2D eigenvalue weighted by atomic mass is 16.1. The van der Waals surface area contributed by atoms with E-state index in [0.717, 1.165) is 11.3 Å². The molecule has 1 heterocycles. The quantitative estimate of drug-likeness (QED) is 0.911. The molecule has 0 atom stereocenters. The van der Waals surface area contributed by atoms with Crippen LogP contribution in [0.1, 0.15) is 42.3 Å². The van der Waals surface area contributed by atoms with Gasteiger partial charge in [-0.3, -0.25) is 4.79 Å². The van der Waals surface area contributed by atoms with Gasteiger partial charge in [0.05, 0.1) is 5.56 Å². The first-order valence-electron chi connectivity index (χ1n) is 7.23. The summed E-state index contributed by atoms with van der Waals surface area (Å²) in [7, 11) is 0. The summed E-state index contributed by atoms with van der Waals surface area (Å²) in [6, 6.07) is 6.11. The van der Waals surface area contributed by atoms with Crippen molar-refractivity contribution in [1.29, 1.82) is 0 Å². The van der Waals surface area contributed by atoms with Crippen LogP contribution in [0.15, 0.2) is 30.6 Å². The molecule has 1 amide bonds. The molecule has 1 aromatic heterocycles. The fourth-order valence-corrected chi connectivity index (χ4v) is 2.00. The molecule has 116 valence electrons. The van der Waals surface area contributed by atoms with Crippen molar-refractivity contribution >= 4 is 17.5 Å². The van der Waals surface area contributed by atoms with Crippen LogP contribution in [0, 0.1) is 13.8 Å². The average molecular weight is 298 g/mol. The number of aromatic nitrogens is 2. The Morgan fingerprint density at radius 2 is 1.73 bits per heavy atom. The third-order valence-corrected chi connectivity index (χ3v) is 3.03. The standard InChI is InChI=1S/C17H22N4O/c1-11-6-7-14(12(2)8-11)20-16-18-9-13(10-19-16)15(22)21-17(3,4)5/h6-10H,1-5H3,(H,21,22)(H,18,19,20). The lowest BCUT2D eigenvalue weighted by molar-refractivity contribution is 0.0919. The van der Waals surface area contributed by atoms with Crippen molar-refractivity contribution in [3.05, 3.63) is 47.3 Å². The molecule has 0 fully saturated rings. The fraction of sp³-hybridized carbons (Fsp3) is 0.353. The maximum atomic E-state index is 12.0. The molecule has 2 N–H and O–H groups in total. The highest BCUT2D eigenvalue weighted by molar-refractivity contribution is 5.94. The minimum absolute atomic E-state index is 0.175. The van der Waals surface area contributed by atoms with Gasteiger partial charge in [0.15, 0.2) is 0 Å². The van der Waals surface area contributed by atoms with Gasteiger partial charge in [-0.25, -0.2) is 9.97 Å². The molecule has 5 heteroatoms. The number of aryl methyl sites for hydroxylation is 2. The molecule has 0 aliphatic heterocycles. The second kappa shape index (κ2) is 6.13. The minimum Gasteiger partial charge on any atom is -0.347 e. The monoisotopic (exact) mass is 298 g/mol. The molecule has 0 saturated heterocycles. The Morgan fingerprint density at radius 3 is 2.27 bits per heavy atom. The van der Waals surface area contributed by atoms with E-state index in [0.29, 0.717) is 11.5 Å². The number of hydrogen-bond acceptors (Lipinski definition) is 4. The Hall–Kier alpha value is -2.43. The lowest BCUT2D eigenvalue weighted by Crippen LogP contribution is -2.40. The SMILES string of the molecule is Cc1ccc(Nc2ncc(C(=O)NC(C)(C)C)cn2)c(C)c1. The van der Waals surface area contributed by atoms with E-state index in [9.17, 15) is 4.79 Å². The number of carbonyl (C=O) groups is 1. The van der Waals surface area contributed by atoms with Crippen molar-refractivity contribution in [1.82, 2.24) is 15.3 Å². The molecule has 0 unspecified atom stereocenters. The Labute approximate surface area is 131 Å². The number of carbonyl (C=O) groups excluding carboxylic acids is 1. The van der Waals surface area contributed by atoms with E-state index in [1.165, 1.54) is 18.0 Å². The summed E-state index contributed by atoms with van der Waals surface area (Å²) in [5.74, 6) is 0.296. The van der Waals surface area contributed by atoms with Gasteiger partial charge in [0.2, 0.25) is 5.95 Å². The molecular formula is C17H22N4O. The summed E-state index contributed by atoms with van der Waals surface area (Å²) in [5.41, 5.74) is 3.45. The maximum Gasteiger partial charge on any atom is 0.254 e. The van der Waals surface area contributed by atoms with Gasteiger partial charge >= 0.3 is 0 Å². The van der Waals surface area contributed by atoms with Gasteiger partial charge in [0, 0.05) is 23.6 Å². The van der Waals surface area contributed by atoms with Crippen LogP contribution >= 0.6 is 0 Å². The first-order chi connectivity index (χ1) is 10.2. The number of hydrogen-bond donors (Lipinski definition) is 2. The number of nitrogens with zero attached hydrogens (tertiary/aromatic N) is 2. The molecule has 0 saturated carbocycles. The second-order valence-corrected chi connectivity index (χ2v) is 6.44. The van der Waals surface area contributed by atoms with E-state index in [4.69, 9.17) is 0 Å². The smallest absolute Gasteiger partial charge is 0.254 e. The normalized spacial score (nSPS) is 11.1. The maximum absolute atomic E-state index is 12.0. The van der Waals surface area contributed by atoms with E-state index in [-0.39, 0.29) is 11.4 Å². The van der Waals surface area contributed by atoms with E-state index in [2.05, 4.69) is 33.6 Å². The minimum atomic E-state index is -0.285. The Morgan fingerprint density at radius 1 is 1.09 bits per heavy atom. The molecule has 0 aliphatic carbocycles. The van der Waals surface area contributed by atoms with Gasteiger partial charge in [-0.2, -0.15) is 0 Å². The van der Waals surface area contributed by atoms with Crippen LogP contribution < -0.4 is 10.6 Å². The van der Waals surface area contributed by atoms with E-state index in [1.54, 1.807) is 0 Å². The molecule has 0 aliphatic rings.